The lowest BCUT2D eigenvalue weighted by molar-refractivity contribution is 0.0697. The van der Waals surface area contributed by atoms with Crippen LogP contribution in [0.2, 0.25) is 5.02 Å². The number of benzene rings is 1. The van der Waals surface area contributed by atoms with Gasteiger partial charge in [-0.1, -0.05) is 11.6 Å². The summed E-state index contributed by atoms with van der Waals surface area (Å²) in [7, 11) is 0. The number of primary amides is 1. The minimum absolute atomic E-state index is 0.0870. The van der Waals surface area contributed by atoms with Gasteiger partial charge in [0.05, 0.1) is 22.0 Å². The molecule has 1 aromatic carbocycles. The van der Waals surface area contributed by atoms with E-state index in [0.717, 1.165) is 18.5 Å². The summed E-state index contributed by atoms with van der Waals surface area (Å²) in [5.41, 5.74) is 6.50. The zero-order valence-electron chi connectivity index (χ0n) is 11.4. The molecular formula is C14H13ClN4O3. The van der Waals surface area contributed by atoms with Crippen LogP contribution in [0.15, 0.2) is 24.3 Å². The molecule has 0 radical (unpaired) electrons. The van der Waals surface area contributed by atoms with E-state index in [1.807, 2.05) is 0 Å². The molecule has 0 atom stereocenters. The molecule has 1 heterocycles. The number of aromatic nitrogens is 2. The highest BCUT2D eigenvalue weighted by Crippen LogP contribution is 2.40. The minimum Gasteiger partial charge on any atom is -0.478 e. The zero-order chi connectivity index (χ0) is 15.9. The van der Waals surface area contributed by atoms with Crippen LogP contribution in [0.5, 0.6) is 0 Å². The number of amides is 2. The van der Waals surface area contributed by atoms with Crippen LogP contribution in [-0.4, -0.2) is 27.3 Å². The summed E-state index contributed by atoms with van der Waals surface area (Å²) in [4.78, 5) is 24.1. The summed E-state index contributed by atoms with van der Waals surface area (Å²) in [6.07, 6.45) is 2.15. The molecule has 1 aromatic heterocycles. The first-order valence-corrected chi connectivity index (χ1v) is 7.03. The summed E-state index contributed by atoms with van der Waals surface area (Å²) in [5, 5.41) is 16.1. The first kappa shape index (κ1) is 14.4. The van der Waals surface area contributed by atoms with Crippen molar-refractivity contribution in [2.75, 3.05) is 4.90 Å². The first-order valence-electron chi connectivity index (χ1n) is 6.65. The van der Waals surface area contributed by atoms with Crippen LogP contribution in [0.25, 0.3) is 0 Å². The summed E-state index contributed by atoms with van der Waals surface area (Å²) < 4.78 is 0. The molecule has 7 nitrogen and oxygen atoms in total. The normalized spacial score (nSPS) is 13.9. The number of hydrogen-bond donors (Lipinski definition) is 3. The Morgan fingerprint density at radius 3 is 2.68 bits per heavy atom. The molecule has 1 aliphatic rings. The van der Waals surface area contributed by atoms with Crippen LogP contribution in [-0.2, 0) is 0 Å². The highest BCUT2D eigenvalue weighted by molar-refractivity contribution is 6.33. The van der Waals surface area contributed by atoms with Gasteiger partial charge in [-0.3, -0.25) is 5.10 Å². The maximum Gasteiger partial charge on any atom is 0.337 e. The third-order valence-corrected chi connectivity index (χ3v) is 3.81. The number of anilines is 2. The standard InChI is InChI=1S/C14H13ClN4O3/c15-10-4-3-8(5-9(10)13(20)21)19(14(16)22)12-6-11(17-18-12)7-1-2-7/h3-7H,1-2H2,(H2,16,22)(H,17,18)(H,20,21). The Kier molecular flexibility index (Phi) is 3.50. The Morgan fingerprint density at radius 1 is 1.36 bits per heavy atom. The topological polar surface area (TPSA) is 112 Å². The summed E-state index contributed by atoms with van der Waals surface area (Å²) in [5.74, 6) is -0.368. The van der Waals surface area contributed by atoms with E-state index in [1.165, 1.54) is 23.1 Å². The first-order chi connectivity index (χ1) is 10.5. The third kappa shape index (κ3) is 2.62. The molecule has 2 amide bonds. The van der Waals surface area contributed by atoms with E-state index < -0.39 is 12.0 Å². The van der Waals surface area contributed by atoms with Gasteiger partial charge in [-0.15, -0.1) is 0 Å². The van der Waals surface area contributed by atoms with Crippen molar-refractivity contribution in [1.82, 2.24) is 10.2 Å². The number of rotatable bonds is 4. The fourth-order valence-electron chi connectivity index (χ4n) is 2.23. The molecule has 8 heteroatoms. The van der Waals surface area contributed by atoms with E-state index in [1.54, 1.807) is 6.07 Å². The van der Waals surface area contributed by atoms with Crippen LogP contribution >= 0.6 is 11.6 Å². The second kappa shape index (κ2) is 5.34. The number of nitrogens with one attached hydrogen (secondary N) is 1. The largest absolute Gasteiger partial charge is 0.478 e. The fourth-order valence-corrected chi connectivity index (χ4v) is 2.43. The van der Waals surface area contributed by atoms with E-state index in [2.05, 4.69) is 10.2 Å². The van der Waals surface area contributed by atoms with Crippen molar-refractivity contribution in [3.8, 4) is 0 Å². The number of halogens is 1. The van der Waals surface area contributed by atoms with Gasteiger partial charge in [0, 0.05) is 12.0 Å². The van der Waals surface area contributed by atoms with E-state index in [4.69, 9.17) is 22.4 Å². The Balaban J connectivity index is 2.01. The second-order valence-electron chi connectivity index (χ2n) is 5.10. The van der Waals surface area contributed by atoms with Crippen molar-refractivity contribution in [3.63, 3.8) is 0 Å². The average Bonchev–Trinajstić information content (AvgIpc) is 3.20. The third-order valence-electron chi connectivity index (χ3n) is 3.48. The van der Waals surface area contributed by atoms with Crippen molar-refractivity contribution in [2.24, 2.45) is 5.73 Å². The van der Waals surface area contributed by atoms with Crippen LogP contribution < -0.4 is 10.6 Å². The van der Waals surface area contributed by atoms with Crippen molar-refractivity contribution in [2.45, 2.75) is 18.8 Å². The number of carbonyl (C=O) groups excluding carboxylic acids is 1. The Labute approximate surface area is 130 Å². The molecule has 1 aliphatic carbocycles. The number of H-pyrrole nitrogens is 1. The van der Waals surface area contributed by atoms with Crippen molar-refractivity contribution in [1.29, 1.82) is 0 Å². The maximum absolute atomic E-state index is 11.8. The summed E-state index contributed by atoms with van der Waals surface area (Å²) >= 11 is 5.84. The molecule has 1 saturated carbocycles. The smallest absolute Gasteiger partial charge is 0.337 e. The van der Waals surface area contributed by atoms with Gasteiger partial charge in [-0.25, -0.2) is 14.5 Å². The fraction of sp³-hybridized carbons (Fsp3) is 0.214. The van der Waals surface area contributed by atoms with E-state index in [-0.39, 0.29) is 10.6 Å². The average molecular weight is 321 g/mol. The molecule has 2 aromatic rings. The number of carboxylic acid groups (broad SMARTS) is 1. The Hall–Kier alpha value is -2.54. The van der Waals surface area contributed by atoms with Gasteiger partial charge in [0.25, 0.3) is 0 Å². The number of nitrogens with zero attached hydrogens (tertiary/aromatic N) is 2. The number of hydrogen-bond acceptors (Lipinski definition) is 3. The van der Waals surface area contributed by atoms with Crippen molar-refractivity contribution in [3.05, 3.63) is 40.5 Å². The molecule has 0 unspecified atom stereocenters. The van der Waals surface area contributed by atoms with E-state index in [9.17, 15) is 9.59 Å². The van der Waals surface area contributed by atoms with Crippen LogP contribution in [0.4, 0.5) is 16.3 Å². The SMILES string of the molecule is NC(=O)N(c1ccc(Cl)c(C(=O)O)c1)c1cc(C2CC2)n[nH]1. The van der Waals surface area contributed by atoms with E-state index in [0.29, 0.717) is 17.4 Å². The lowest BCUT2D eigenvalue weighted by atomic mass is 10.2. The van der Waals surface area contributed by atoms with Crippen LogP contribution in [0.3, 0.4) is 0 Å². The van der Waals surface area contributed by atoms with Gasteiger partial charge in [-0.05, 0) is 31.0 Å². The lowest BCUT2D eigenvalue weighted by Gasteiger charge is -2.19. The van der Waals surface area contributed by atoms with Crippen molar-refractivity contribution >= 4 is 35.1 Å². The molecule has 3 rings (SSSR count). The highest BCUT2D eigenvalue weighted by Gasteiger charge is 2.28. The van der Waals surface area contributed by atoms with Crippen molar-refractivity contribution < 1.29 is 14.7 Å². The second-order valence-corrected chi connectivity index (χ2v) is 5.50. The monoisotopic (exact) mass is 320 g/mol. The Morgan fingerprint density at radius 2 is 2.09 bits per heavy atom. The predicted molar refractivity (Wildman–Crippen MR) is 80.7 cm³/mol. The molecule has 22 heavy (non-hydrogen) atoms. The van der Waals surface area contributed by atoms with Gasteiger partial charge in [0.15, 0.2) is 0 Å². The maximum atomic E-state index is 11.8. The molecule has 0 spiro atoms. The molecule has 0 bridgehead atoms. The van der Waals surface area contributed by atoms with Crippen LogP contribution in [0.1, 0.15) is 34.8 Å². The molecule has 0 aliphatic heterocycles. The van der Waals surface area contributed by atoms with E-state index >= 15 is 0 Å². The number of urea groups is 1. The van der Waals surface area contributed by atoms with Gasteiger partial charge < -0.3 is 10.8 Å². The Bertz CT molecular complexity index is 754. The molecular weight excluding hydrogens is 308 g/mol. The number of aromatic carboxylic acids is 1. The van der Waals surface area contributed by atoms with Crippen LogP contribution in [0, 0.1) is 0 Å². The van der Waals surface area contributed by atoms with Gasteiger partial charge in [0.2, 0.25) is 0 Å². The highest BCUT2D eigenvalue weighted by atomic mass is 35.5. The molecule has 0 saturated heterocycles. The predicted octanol–water partition coefficient (Wildman–Crippen LogP) is 2.86. The summed E-state index contributed by atoms with van der Waals surface area (Å²) in [6.45, 7) is 0. The van der Waals surface area contributed by atoms with Gasteiger partial charge >= 0.3 is 12.0 Å². The number of carboxylic acids is 1. The minimum atomic E-state index is -1.18. The number of aromatic amines is 1. The quantitative estimate of drug-likeness (QED) is 0.803. The lowest BCUT2D eigenvalue weighted by Crippen LogP contribution is -2.31. The molecule has 1 fully saturated rings. The summed E-state index contributed by atoms with van der Waals surface area (Å²) in [6, 6.07) is 5.24. The zero-order valence-corrected chi connectivity index (χ0v) is 12.2. The number of nitrogens with two attached hydrogens (primary N) is 1. The van der Waals surface area contributed by atoms with Gasteiger partial charge in [0.1, 0.15) is 5.82 Å². The molecule has 114 valence electrons. The number of carbonyl (C=O) groups is 2. The molecule has 4 N–H and O–H groups in total. The van der Waals surface area contributed by atoms with Gasteiger partial charge in [-0.2, -0.15) is 5.10 Å².